The van der Waals surface area contributed by atoms with Crippen LogP contribution in [0.25, 0.3) is 0 Å². The summed E-state index contributed by atoms with van der Waals surface area (Å²) in [7, 11) is -2.68. The molecule has 0 fully saturated rings. The Labute approximate surface area is 114 Å². The fourth-order valence-electron chi connectivity index (χ4n) is 2.05. The van der Waals surface area contributed by atoms with E-state index in [1.54, 1.807) is 11.9 Å². The largest absolute Gasteiger partial charge is 0.506 e. The molecule has 0 bridgehead atoms. The number of hydrogen-bond donors (Lipinski definition) is 3. The predicted molar refractivity (Wildman–Crippen MR) is 69.8 cm³/mol. The first kappa shape index (κ1) is 14.2. The normalized spacial score (nSPS) is 18.5. The standard InChI is InChI=1S/C10H12N4O5S/c1-14-4-9(20(17,18)19)5-2-6(12-13-10(11)16)8(15)3-7(5)14/h2-3,9,15H,4H2,1H3,(H2,11,16)(H,17,18,19). The highest BCUT2D eigenvalue weighted by atomic mass is 32.2. The highest BCUT2D eigenvalue weighted by Crippen LogP contribution is 2.44. The van der Waals surface area contributed by atoms with Gasteiger partial charge in [0.25, 0.3) is 10.1 Å². The first-order chi connectivity index (χ1) is 9.20. The molecule has 20 heavy (non-hydrogen) atoms. The van der Waals surface area contributed by atoms with Gasteiger partial charge < -0.3 is 15.7 Å². The van der Waals surface area contributed by atoms with Crippen LogP contribution in [0.15, 0.2) is 22.4 Å². The Kier molecular flexibility index (Phi) is 3.36. The van der Waals surface area contributed by atoms with Gasteiger partial charge in [-0.3, -0.25) is 4.55 Å². The Bertz CT molecular complexity index is 700. The third-order valence-electron chi connectivity index (χ3n) is 2.94. The molecule has 1 aromatic carbocycles. The lowest BCUT2D eigenvalue weighted by Crippen LogP contribution is -2.20. The zero-order valence-corrected chi connectivity index (χ0v) is 11.2. The summed E-state index contributed by atoms with van der Waals surface area (Å²) in [6.07, 6.45) is 0. The SMILES string of the molecule is CN1CC(S(=O)(=O)O)c2cc(N=NC(N)=O)c(O)cc21. The van der Waals surface area contributed by atoms with Crippen LogP contribution in [-0.4, -0.2) is 37.7 Å². The quantitative estimate of drug-likeness (QED) is 0.547. The maximum absolute atomic E-state index is 11.3. The Balaban J connectivity index is 2.55. The van der Waals surface area contributed by atoms with Crippen LogP contribution in [0.4, 0.5) is 16.2 Å². The lowest BCUT2D eigenvalue weighted by molar-refractivity contribution is 0.255. The van der Waals surface area contributed by atoms with Crippen molar-refractivity contribution in [1.82, 2.24) is 0 Å². The minimum absolute atomic E-state index is 0.0457. The van der Waals surface area contributed by atoms with Gasteiger partial charge in [-0.2, -0.15) is 8.42 Å². The first-order valence-corrected chi connectivity index (χ1v) is 6.96. The summed E-state index contributed by atoms with van der Waals surface area (Å²) < 4.78 is 31.9. The van der Waals surface area contributed by atoms with Gasteiger partial charge in [0.2, 0.25) is 0 Å². The summed E-state index contributed by atoms with van der Waals surface area (Å²) in [6.45, 7) is 0.0457. The van der Waals surface area contributed by atoms with Gasteiger partial charge in [-0.25, -0.2) is 4.79 Å². The van der Waals surface area contributed by atoms with Crippen LogP contribution >= 0.6 is 0 Å². The number of rotatable bonds is 2. The molecule has 0 saturated heterocycles. The molecule has 4 N–H and O–H groups in total. The molecule has 2 amide bonds. The van der Waals surface area contributed by atoms with Crippen LogP contribution < -0.4 is 10.6 Å². The topological polar surface area (TPSA) is 146 Å². The number of benzene rings is 1. The van der Waals surface area contributed by atoms with E-state index in [4.69, 9.17) is 5.73 Å². The van der Waals surface area contributed by atoms with Gasteiger partial charge in [0.1, 0.15) is 16.7 Å². The monoisotopic (exact) mass is 300 g/mol. The van der Waals surface area contributed by atoms with E-state index in [9.17, 15) is 22.9 Å². The molecule has 2 rings (SSSR count). The van der Waals surface area contributed by atoms with Gasteiger partial charge in [-0.05, 0) is 6.07 Å². The van der Waals surface area contributed by atoms with Crippen molar-refractivity contribution >= 4 is 27.5 Å². The number of hydrogen-bond acceptors (Lipinski definition) is 6. The molecule has 0 aliphatic carbocycles. The summed E-state index contributed by atoms with van der Waals surface area (Å²) in [5, 5.41) is 15.1. The third-order valence-corrected chi connectivity index (χ3v) is 4.06. The van der Waals surface area contributed by atoms with Gasteiger partial charge in [-0.15, -0.1) is 5.11 Å². The van der Waals surface area contributed by atoms with Crippen LogP contribution in [0.3, 0.4) is 0 Å². The summed E-state index contributed by atoms with van der Waals surface area (Å²) in [4.78, 5) is 12.1. The fraction of sp³-hybridized carbons (Fsp3) is 0.300. The number of carbonyl (C=O) groups excluding carboxylic acids is 1. The van der Waals surface area contributed by atoms with Gasteiger partial charge in [0.15, 0.2) is 0 Å². The molecular formula is C10H12N4O5S. The maximum Gasteiger partial charge on any atom is 0.356 e. The van der Waals surface area contributed by atoms with Gasteiger partial charge >= 0.3 is 6.03 Å². The molecule has 0 saturated carbocycles. The molecule has 1 aliphatic rings. The molecule has 0 aromatic heterocycles. The van der Waals surface area contributed by atoms with Crippen molar-refractivity contribution in [3.63, 3.8) is 0 Å². The number of aromatic hydroxyl groups is 1. The van der Waals surface area contributed by atoms with E-state index in [2.05, 4.69) is 10.2 Å². The number of amides is 2. The number of carbonyl (C=O) groups is 1. The number of nitrogens with two attached hydrogens (primary N) is 1. The number of urea groups is 1. The number of nitrogens with zero attached hydrogens (tertiary/aromatic N) is 3. The Morgan fingerprint density at radius 3 is 2.70 bits per heavy atom. The van der Waals surface area contributed by atoms with E-state index >= 15 is 0 Å². The van der Waals surface area contributed by atoms with Crippen LogP contribution in [-0.2, 0) is 10.1 Å². The second-order valence-corrected chi connectivity index (χ2v) is 5.92. The summed E-state index contributed by atoms with van der Waals surface area (Å²) >= 11 is 0. The Morgan fingerprint density at radius 2 is 2.15 bits per heavy atom. The zero-order chi connectivity index (χ0) is 15.1. The molecule has 1 aromatic rings. The number of fused-ring (bicyclic) bond motifs is 1. The number of phenolic OH excluding ortho intramolecular Hbond substituents is 1. The van der Waals surface area contributed by atoms with Gasteiger partial charge in [0.05, 0.1) is 0 Å². The summed E-state index contributed by atoms with van der Waals surface area (Å²) in [5.74, 6) is -0.281. The second-order valence-electron chi connectivity index (χ2n) is 4.32. The number of azo groups is 1. The number of phenols is 1. The van der Waals surface area contributed by atoms with Crippen molar-refractivity contribution in [2.45, 2.75) is 5.25 Å². The van der Waals surface area contributed by atoms with Gasteiger partial charge in [0, 0.05) is 30.9 Å². The van der Waals surface area contributed by atoms with Crippen LogP contribution in [0.5, 0.6) is 5.75 Å². The third kappa shape index (κ3) is 2.56. The Morgan fingerprint density at radius 1 is 1.50 bits per heavy atom. The van der Waals surface area contributed by atoms with Gasteiger partial charge in [-0.1, -0.05) is 5.11 Å². The zero-order valence-electron chi connectivity index (χ0n) is 10.4. The van der Waals surface area contributed by atoms with Crippen molar-refractivity contribution in [2.75, 3.05) is 18.5 Å². The molecule has 1 aliphatic heterocycles. The molecule has 1 atom stereocenters. The van der Waals surface area contributed by atoms with E-state index in [1.807, 2.05) is 0 Å². The predicted octanol–water partition coefficient (Wildman–Crippen LogP) is 0.933. The molecule has 9 nitrogen and oxygen atoms in total. The van der Waals surface area contributed by atoms with E-state index in [0.29, 0.717) is 5.69 Å². The second kappa shape index (κ2) is 4.72. The molecule has 1 unspecified atom stereocenters. The minimum atomic E-state index is -4.30. The highest BCUT2D eigenvalue weighted by Gasteiger charge is 2.36. The van der Waals surface area contributed by atoms with Crippen molar-refractivity contribution in [3.05, 3.63) is 17.7 Å². The average molecular weight is 300 g/mol. The fourth-order valence-corrected chi connectivity index (χ4v) is 2.98. The highest BCUT2D eigenvalue weighted by molar-refractivity contribution is 7.86. The summed E-state index contributed by atoms with van der Waals surface area (Å²) in [5.41, 5.74) is 5.41. The lowest BCUT2D eigenvalue weighted by Gasteiger charge is -2.11. The van der Waals surface area contributed by atoms with Crippen LogP contribution in [0, 0.1) is 0 Å². The lowest BCUT2D eigenvalue weighted by atomic mass is 10.1. The molecule has 1 heterocycles. The van der Waals surface area contributed by atoms with E-state index < -0.39 is 21.4 Å². The minimum Gasteiger partial charge on any atom is -0.506 e. The summed E-state index contributed by atoms with van der Waals surface area (Å²) in [6, 6.07) is 1.49. The van der Waals surface area contributed by atoms with Crippen molar-refractivity contribution in [3.8, 4) is 5.75 Å². The van der Waals surface area contributed by atoms with Crippen LogP contribution in [0.2, 0.25) is 0 Å². The van der Waals surface area contributed by atoms with E-state index in [0.717, 1.165) is 0 Å². The molecular weight excluding hydrogens is 288 g/mol. The van der Waals surface area contributed by atoms with Crippen molar-refractivity contribution < 1.29 is 22.9 Å². The molecule has 0 radical (unpaired) electrons. The first-order valence-electron chi connectivity index (χ1n) is 5.45. The maximum atomic E-state index is 11.3. The number of likely N-dealkylation sites (N-methyl/N-ethyl adjacent to an activating group) is 1. The van der Waals surface area contributed by atoms with E-state index in [1.165, 1.54) is 12.1 Å². The van der Waals surface area contributed by atoms with Crippen molar-refractivity contribution in [1.29, 1.82) is 0 Å². The number of primary amides is 1. The smallest absolute Gasteiger partial charge is 0.356 e. The van der Waals surface area contributed by atoms with Crippen LogP contribution in [0.1, 0.15) is 10.8 Å². The molecule has 10 heteroatoms. The van der Waals surface area contributed by atoms with E-state index in [-0.39, 0.29) is 23.5 Å². The number of anilines is 1. The Hall–Kier alpha value is -2.20. The molecule has 0 spiro atoms. The average Bonchev–Trinajstić information content (AvgIpc) is 2.63. The van der Waals surface area contributed by atoms with Crippen molar-refractivity contribution in [2.24, 2.45) is 16.0 Å². The molecule has 108 valence electrons.